The number of hydrogen-bond donors (Lipinski definition) is 8. The Morgan fingerprint density at radius 1 is 0.829 bits per heavy atom. The molecule has 2 saturated heterocycles. The van der Waals surface area contributed by atoms with Crippen molar-refractivity contribution in [3.63, 3.8) is 0 Å². The molecule has 11 atom stereocenters. The Morgan fingerprint density at radius 3 is 2.20 bits per heavy atom. The van der Waals surface area contributed by atoms with Gasteiger partial charge in [0.05, 0.1) is 19.1 Å². The van der Waals surface area contributed by atoms with Crippen LogP contribution < -0.4 is 9.47 Å². The number of carbonyl (C=O) groups is 1. The number of phenolic OH excluding ortho intramolecular Hbond substituents is 2. The molecule has 2 fully saturated rings. The van der Waals surface area contributed by atoms with Crippen molar-refractivity contribution in [2.75, 3.05) is 6.61 Å². The highest BCUT2D eigenvalue weighted by atomic mass is 16.7. The summed E-state index contributed by atoms with van der Waals surface area (Å²) in [6.07, 6.45) is -15.0. The van der Waals surface area contributed by atoms with Crippen molar-refractivity contribution >= 4 is 5.78 Å². The molecule has 41 heavy (non-hydrogen) atoms. The molecule has 0 aromatic heterocycles. The first-order valence-corrected chi connectivity index (χ1v) is 13.0. The fourth-order valence-electron chi connectivity index (χ4n) is 5.00. The zero-order valence-corrected chi connectivity index (χ0v) is 21.8. The summed E-state index contributed by atoms with van der Waals surface area (Å²) in [5.41, 5.74) is 0.577. The molecular weight excluding hydrogens is 548 g/mol. The summed E-state index contributed by atoms with van der Waals surface area (Å²) in [5.74, 6) is -0.734. The Kier molecular flexibility index (Phi) is 8.39. The molecule has 0 spiro atoms. The summed E-state index contributed by atoms with van der Waals surface area (Å²) < 4.78 is 28.0. The van der Waals surface area contributed by atoms with Gasteiger partial charge in [0, 0.05) is 12.1 Å². The van der Waals surface area contributed by atoms with Crippen molar-refractivity contribution in [1.29, 1.82) is 0 Å². The van der Waals surface area contributed by atoms with E-state index < -0.39 is 74.1 Å². The Labute approximate surface area is 233 Å². The third-order valence-electron chi connectivity index (χ3n) is 7.39. The van der Waals surface area contributed by atoms with E-state index >= 15 is 0 Å². The summed E-state index contributed by atoms with van der Waals surface area (Å²) in [4.78, 5) is 12.6. The predicted octanol–water partition coefficient (Wildman–Crippen LogP) is -1.17. The molecule has 3 heterocycles. The minimum absolute atomic E-state index is 0.00504. The number of ketones is 1. The SMILES string of the molecule is CC1OC(OCC2OC(Oc3ccc(C4CC(=O)c5c(O)cc(O)cc5O4)cc3)C(O)C(O)C2O)C(O)C(O)C1O. The number of aliphatic hydroxyl groups is 6. The lowest BCUT2D eigenvalue weighted by atomic mass is 9.95. The third kappa shape index (κ3) is 5.83. The van der Waals surface area contributed by atoms with Gasteiger partial charge in [-0.05, 0) is 24.6 Å². The number of aromatic hydroxyl groups is 2. The average Bonchev–Trinajstić information content (AvgIpc) is 2.93. The Bertz CT molecular complexity index is 1240. The second-order valence-corrected chi connectivity index (χ2v) is 10.3. The van der Waals surface area contributed by atoms with E-state index in [2.05, 4.69) is 0 Å². The fourth-order valence-corrected chi connectivity index (χ4v) is 5.00. The van der Waals surface area contributed by atoms with Crippen molar-refractivity contribution in [2.24, 2.45) is 0 Å². The van der Waals surface area contributed by atoms with E-state index in [0.29, 0.717) is 5.56 Å². The fraction of sp³-hybridized carbons (Fsp3) is 0.519. The number of benzene rings is 2. The predicted molar refractivity (Wildman–Crippen MR) is 134 cm³/mol. The minimum atomic E-state index is -1.68. The average molecular weight is 581 g/mol. The summed E-state index contributed by atoms with van der Waals surface area (Å²) in [5, 5.41) is 80.9. The first-order chi connectivity index (χ1) is 19.4. The van der Waals surface area contributed by atoms with Crippen LogP contribution in [-0.4, -0.2) is 115 Å². The first-order valence-electron chi connectivity index (χ1n) is 13.0. The molecule has 0 amide bonds. The second kappa shape index (κ2) is 11.7. The van der Waals surface area contributed by atoms with Crippen LogP contribution in [-0.2, 0) is 14.2 Å². The van der Waals surface area contributed by atoms with Gasteiger partial charge in [-0.2, -0.15) is 0 Å². The van der Waals surface area contributed by atoms with Crippen LogP contribution in [0.4, 0.5) is 0 Å². The minimum Gasteiger partial charge on any atom is -0.508 e. The van der Waals surface area contributed by atoms with Crippen molar-refractivity contribution in [3.05, 3.63) is 47.5 Å². The van der Waals surface area contributed by atoms with Crippen LogP contribution in [0.5, 0.6) is 23.0 Å². The number of ether oxygens (including phenoxy) is 5. The number of phenols is 2. The monoisotopic (exact) mass is 580 g/mol. The largest absolute Gasteiger partial charge is 0.508 e. The molecule has 0 saturated carbocycles. The normalized spacial score (nSPS) is 37.2. The Morgan fingerprint density at radius 2 is 1.49 bits per heavy atom. The van der Waals surface area contributed by atoms with Gasteiger partial charge < -0.3 is 64.5 Å². The van der Waals surface area contributed by atoms with E-state index in [1.165, 1.54) is 25.1 Å². The molecule has 14 heteroatoms. The van der Waals surface area contributed by atoms with Crippen LogP contribution in [0.2, 0.25) is 0 Å². The summed E-state index contributed by atoms with van der Waals surface area (Å²) in [7, 11) is 0. The second-order valence-electron chi connectivity index (χ2n) is 10.3. The van der Waals surface area contributed by atoms with Gasteiger partial charge in [0.25, 0.3) is 0 Å². The van der Waals surface area contributed by atoms with Crippen molar-refractivity contribution < 1.29 is 69.3 Å². The summed E-state index contributed by atoms with van der Waals surface area (Å²) in [6.45, 7) is 1.05. The lowest BCUT2D eigenvalue weighted by Crippen LogP contribution is -2.61. The molecule has 11 unspecified atom stereocenters. The lowest BCUT2D eigenvalue weighted by Gasteiger charge is -2.42. The van der Waals surface area contributed by atoms with Gasteiger partial charge in [-0.3, -0.25) is 4.79 Å². The molecule has 5 rings (SSSR count). The van der Waals surface area contributed by atoms with Crippen LogP contribution in [0.15, 0.2) is 36.4 Å². The molecule has 0 bridgehead atoms. The van der Waals surface area contributed by atoms with Crippen LogP contribution in [0, 0.1) is 0 Å². The number of fused-ring (bicyclic) bond motifs is 1. The van der Waals surface area contributed by atoms with Crippen molar-refractivity contribution in [2.45, 2.75) is 80.9 Å². The van der Waals surface area contributed by atoms with Crippen molar-refractivity contribution in [1.82, 2.24) is 0 Å². The highest BCUT2D eigenvalue weighted by Crippen LogP contribution is 2.42. The molecule has 3 aliphatic heterocycles. The van der Waals surface area contributed by atoms with Gasteiger partial charge >= 0.3 is 0 Å². The highest BCUT2D eigenvalue weighted by molar-refractivity contribution is 6.02. The van der Waals surface area contributed by atoms with Crippen LogP contribution >= 0.6 is 0 Å². The van der Waals surface area contributed by atoms with E-state index in [4.69, 9.17) is 23.7 Å². The van der Waals surface area contributed by atoms with Crippen LogP contribution in [0.25, 0.3) is 0 Å². The van der Waals surface area contributed by atoms with E-state index in [1.807, 2.05) is 0 Å². The Balaban J connectivity index is 1.22. The number of aliphatic hydroxyl groups excluding tert-OH is 6. The molecule has 2 aromatic rings. The van der Waals surface area contributed by atoms with Gasteiger partial charge in [0.15, 0.2) is 12.1 Å². The smallest absolute Gasteiger partial charge is 0.229 e. The maximum absolute atomic E-state index is 12.6. The molecular formula is C27H32O14. The summed E-state index contributed by atoms with van der Waals surface area (Å²) >= 11 is 0. The zero-order valence-electron chi connectivity index (χ0n) is 21.8. The topological polar surface area (TPSA) is 225 Å². The molecule has 3 aliphatic rings. The Hall–Kier alpha value is -3.05. The van der Waals surface area contributed by atoms with Crippen molar-refractivity contribution in [3.8, 4) is 23.0 Å². The van der Waals surface area contributed by atoms with Gasteiger partial charge in [-0.15, -0.1) is 0 Å². The molecule has 0 aliphatic carbocycles. The van der Waals surface area contributed by atoms with Crippen LogP contribution in [0.3, 0.4) is 0 Å². The maximum atomic E-state index is 12.6. The van der Waals surface area contributed by atoms with Gasteiger partial charge in [-0.1, -0.05) is 12.1 Å². The summed E-state index contributed by atoms with van der Waals surface area (Å²) in [6, 6.07) is 8.53. The maximum Gasteiger partial charge on any atom is 0.229 e. The van der Waals surface area contributed by atoms with Gasteiger partial charge in [0.2, 0.25) is 6.29 Å². The van der Waals surface area contributed by atoms with E-state index in [9.17, 15) is 45.6 Å². The van der Waals surface area contributed by atoms with E-state index in [1.54, 1.807) is 12.1 Å². The zero-order chi connectivity index (χ0) is 29.6. The standard InChI is InChI=1S/C27H32O14/c1-10-20(31)22(33)24(35)26(38-10)37-9-18-21(32)23(34)25(36)27(41-18)39-13-4-2-11(3-5-13)16-8-15(30)19-14(29)6-12(28)7-17(19)40-16/h2-7,10,16,18,20-29,31-36H,8-9H2,1H3. The van der Waals surface area contributed by atoms with E-state index in [0.717, 1.165) is 6.07 Å². The molecule has 2 aromatic carbocycles. The lowest BCUT2D eigenvalue weighted by molar-refractivity contribution is -0.318. The molecule has 14 nitrogen and oxygen atoms in total. The molecule has 224 valence electrons. The number of carbonyl (C=O) groups excluding carboxylic acids is 1. The number of Topliss-reactive ketones (excluding diaryl/α,β-unsaturated/α-hetero) is 1. The van der Waals surface area contributed by atoms with Crippen LogP contribution in [0.1, 0.15) is 35.4 Å². The number of hydrogen-bond acceptors (Lipinski definition) is 14. The third-order valence-corrected chi connectivity index (χ3v) is 7.39. The molecule has 8 N–H and O–H groups in total. The number of rotatable bonds is 6. The first kappa shape index (κ1) is 29.4. The van der Waals surface area contributed by atoms with Gasteiger partial charge in [-0.25, -0.2) is 0 Å². The quantitative estimate of drug-likeness (QED) is 0.202. The van der Waals surface area contributed by atoms with E-state index in [-0.39, 0.29) is 40.8 Å². The molecule has 0 radical (unpaired) electrons. The van der Waals surface area contributed by atoms with Gasteiger partial charge in [0.1, 0.15) is 77.4 Å². The highest BCUT2D eigenvalue weighted by Gasteiger charge is 2.47.